The molecule has 0 fully saturated rings. The highest BCUT2D eigenvalue weighted by molar-refractivity contribution is 6.87. The van der Waals surface area contributed by atoms with Crippen LogP contribution in [0, 0.1) is 29.2 Å². The summed E-state index contributed by atoms with van der Waals surface area (Å²) in [5.74, 6) is 3.77. The summed E-state index contributed by atoms with van der Waals surface area (Å²) in [5, 5.41) is 15.9. The zero-order valence-corrected chi connectivity index (χ0v) is 34.8. The Bertz CT molecular complexity index is 960. The van der Waals surface area contributed by atoms with E-state index in [4.69, 9.17) is 14.4 Å². The standard InChI is InChI=1S/C35H71N3O4Si3/c1-15-44(16-2,17-3)23-21-22-28(7)25-32(41-43(13,14)35(10,11)12)34(40)33(42-45(18-4,19-5)20-6)26-31(39)30(9)24-29(8)27-37-38-36/h28-30,32-34,40H,15-20,22,24-27H2,1-14H3/t28-,29-,30+,32-,33-,34-/m1/s1. The van der Waals surface area contributed by atoms with E-state index in [0.717, 1.165) is 24.6 Å². The van der Waals surface area contributed by atoms with E-state index in [-0.39, 0.29) is 35.0 Å². The second-order valence-corrected chi connectivity index (χ2v) is 29.7. The van der Waals surface area contributed by atoms with Crippen LogP contribution in [-0.4, -0.2) is 60.5 Å². The third-order valence-electron chi connectivity index (χ3n) is 11.0. The van der Waals surface area contributed by atoms with Crippen molar-refractivity contribution in [3.63, 3.8) is 0 Å². The molecule has 10 heteroatoms. The van der Waals surface area contributed by atoms with Crippen LogP contribution in [0.2, 0.25) is 54.4 Å². The third kappa shape index (κ3) is 14.4. The number of azide groups is 1. The van der Waals surface area contributed by atoms with Gasteiger partial charge in [-0.2, -0.15) is 0 Å². The van der Waals surface area contributed by atoms with Crippen molar-refractivity contribution < 1.29 is 18.8 Å². The minimum absolute atomic E-state index is 0.0277. The molecule has 0 bridgehead atoms. The van der Waals surface area contributed by atoms with Gasteiger partial charge in [0.25, 0.3) is 0 Å². The van der Waals surface area contributed by atoms with Crippen LogP contribution in [-0.2, 0) is 13.6 Å². The Kier molecular flexibility index (Phi) is 20.0. The molecule has 262 valence electrons. The van der Waals surface area contributed by atoms with E-state index in [1.165, 1.54) is 18.1 Å². The van der Waals surface area contributed by atoms with Crippen LogP contribution < -0.4 is 0 Å². The van der Waals surface area contributed by atoms with Crippen LogP contribution in [0.25, 0.3) is 10.4 Å². The van der Waals surface area contributed by atoms with Crippen LogP contribution in [0.3, 0.4) is 0 Å². The van der Waals surface area contributed by atoms with E-state index >= 15 is 0 Å². The Morgan fingerprint density at radius 2 is 1.40 bits per heavy atom. The maximum absolute atomic E-state index is 13.7. The molecule has 0 unspecified atom stereocenters. The second-order valence-electron chi connectivity index (χ2n) is 15.3. The van der Waals surface area contributed by atoms with Crippen molar-refractivity contribution in [2.24, 2.45) is 22.9 Å². The molecular weight excluding hydrogens is 611 g/mol. The molecule has 0 heterocycles. The molecule has 45 heavy (non-hydrogen) atoms. The van der Waals surface area contributed by atoms with Gasteiger partial charge >= 0.3 is 0 Å². The minimum Gasteiger partial charge on any atom is -0.411 e. The average molecular weight is 682 g/mol. The van der Waals surface area contributed by atoms with E-state index in [0.29, 0.717) is 19.4 Å². The number of rotatable bonds is 22. The predicted octanol–water partition coefficient (Wildman–Crippen LogP) is 10.5. The van der Waals surface area contributed by atoms with Gasteiger partial charge < -0.3 is 14.0 Å². The molecule has 0 spiro atoms. The molecule has 6 atom stereocenters. The first-order valence-electron chi connectivity index (χ1n) is 17.9. The molecule has 0 aliphatic rings. The Balaban J connectivity index is 6.51. The van der Waals surface area contributed by atoms with Crippen LogP contribution in [0.15, 0.2) is 5.11 Å². The van der Waals surface area contributed by atoms with Gasteiger partial charge in [-0.15, -0.1) is 11.5 Å². The predicted molar refractivity (Wildman–Crippen MR) is 200 cm³/mol. The molecular formula is C35H71N3O4Si3. The molecule has 0 aromatic heterocycles. The van der Waals surface area contributed by atoms with Gasteiger partial charge in [-0.3, -0.25) is 4.79 Å². The summed E-state index contributed by atoms with van der Waals surface area (Å²) in [5.41, 5.74) is 12.5. The summed E-state index contributed by atoms with van der Waals surface area (Å²) < 4.78 is 14.0. The first kappa shape index (κ1) is 44.1. The normalized spacial score (nSPS) is 16.9. The van der Waals surface area contributed by atoms with Crippen molar-refractivity contribution in [1.29, 1.82) is 0 Å². The molecule has 1 N–H and O–H groups in total. The fourth-order valence-electron chi connectivity index (χ4n) is 5.90. The van der Waals surface area contributed by atoms with E-state index in [2.05, 4.69) is 104 Å². The van der Waals surface area contributed by atoms with Gasteiger partial charge in [-0.05, 0) is 84.6 Å². The van der Waals surface area contributed by atoms with Crippen molar-refractivity contribution in [3.05, 3.63) is 10.4 Å². The maximum atomic E-state index is 13.7. The van der Waals surface area contributed by atoms with Crippen LogP contribution in [0.1, 0.15) is 109 Å². The lowest BCUT2D eigenvalue weighted by Gasteiger charge is -2.44. The second kappa shape index (κ2) is 20.4. The van der Waals surface area contributed by atoms with Crippen LogP contribution >= 0.6 is 0 Å². The number of nitrogens with zero attached hydrogens (tertiary/aromatic N) is 3. The zero-order valence-electron chi connectivity index (χ0n) is 31.8. The number of aliphatic hydroxyl groups excluding tert-OH is 1. The fraction of sp³-hybridized carbons (Fsp3) is 0.914. The molecule has 0 aliphatic carbocycles. The molecule has 0 radical (unpaired) electrons. The zero-order chi connectivity index (χ0) is 35.1. The summed E-state index contributed by atoms with van der Waals surface area (Å²) in [4.78, 5) is 16.6. The molecule has 0 saturated heterocycles. The Hall–Kier alpha value is -0.929. The summed E-state index contributed by atoms with van der Waals surface area (Å²) in [6.07, 6.45) is 0.270. The van der Waals surface area contributed by atoms with Crippen molar-refractivity contribution >= 4 is 30.5 Å². The van der Waals surface area contributed by atoms with Crippen molar-refractivity contribution in [2.45, 2.75) is 181 Å². The van der Waals surface area contributed by atoms with E-state index < -0.39 is 43.0 Å². The monoisotopic (exact) mass is 681 g/mol. The van der Waals surface area contributed by atoms with Gasteiger partial charge in [0.1, 0.15) is 20.0 Å². The summed E-state index contributed by atoms with van der Waals surface area (Å²) in [6, 6.07) is 6.37. The van der Waals surface area contributed by atoms with Crippen molar-refractivity contribution in [1.82, 2.24) is 0 Å². The topological polar surface area (TPSA) is 105 Å². The van der Waals surface area contributed by atoms with Gasteiger partial charge in [-0.25, -0.2) is 0 Å². The third-order valence-corrected chi connectivity index (χ3v) is 24.9. The SMILES string of the molecule is CC[Si](C#CC[C@@H](C)C[C@@H](O[Si](C)(C)C(C)(C)C)[C@@H](O)[C@@H](CC(=O)[C@@H](C)C[C@@H](C)CN=[N+]=[N-])O[Si](CC)(CC)CC)(CC)CC. The van der Waals surface area contributed by atoms with E-state index in [1.54, 1.807) is 0 Å². The van der Waals surface area contributed by atoms with Gasteiger partial charge in [0.2, 0.25) is 0 Å². The summed E-state index contributed by atoms with van der Waals surface area (Å²) >= 11 is 0. The van der Waals surface area contributed by atoms with Gasteiger partial charge in [0.15, 0.2) is 16.6 Å². The van der Waals surface area contributed by atoms with Crippen molar-refractivity contribution in [3.8, 4) is 11.5 Å². The Morgan fingerprint density at radius 3 is 1.84 bits per heavy atom. The van der Waals surface area contributed by atoms with Crippen LogP contribution in [0.4, 0.5) is 0 Å². The quantitative estimate of drug-likeness (QED) is 0.0403. The number of ketones is 1. The highest BCUT2D eigenvalue weighted by Gasteiger charge is 2.44. The number of Topliss-reactive ketones (excluding diaryl/α,β-unsaturated/α-hetero) is 1. The Morgan fingerprint density at radius 1 is 0.867 bits per heavy atom. The lowest BCUT2D eigenvalue weighted by molar-refractivity contribution is -0.128. The highest BCUT2D eigenvalue weighted by atomic mass is 28.4. The average Bonchev–Trinajstić information content (AvgIpc) is 2.99. The smallest absolute Gasteiger partial charge is 0.192 e. The van der Waals surface area contributed by atoms with Gasteiger partial charge in [0, 0.05) is 30.2 Å². The molecule has 0 saturated carbocycles. The maximum Gasteiger partial charge on any atom is 0.192 e. The molecule has 0 aliphatic heterocycles. The molecule has 0 amide bonds. The minimum atomic E-state index is -2.26. The largest absolute Gasteiger partial charge is 0.411 e. The Labute approximate surface area is 281 Å². The molecule has 0 aromatic carbocycles. The van der Waals surface area contributed by atoms with E-state index in [9.17, 15) is 9.90 Å². The molecule has 0 aromatic rings. The lowest BCUT2D eigenvalue weighted by Crippen LogP contribution is -2.53. The number of aliphatic hydroxyl groups is 1. The highest BCUT2D eigenvalue weighted by Crippen LogP contribution is 2.39. The number of carbonyl (C=O) groups excluding carboxylic acids is 1. The first-order chi connectivity index (χ1) is 20.9. The number of carbonyl (C=O) groups is 1. The van der Waals surface area contributed by atoms with Gasteiger partial charge in [-0.1, -0.05) is 88.2 Å². The first-order valence-corrected chi connectivity index (χ1v) is 26.0. The van der Waals surface area contributed by atoms with E-state index in [1.807, 2.05) is 13.8 Å². The molecule has 7 nitrogen and oxygen atoms in total. The lowest BCUT2D eigenvalue weighted by atomic mass is 9.88. The van der Waals surface area contributed by atoms with Crippen molar-refractivity contribution in [2.75, 3.05) is 6.54 Å². The summed E-state index contributed by atoms with van der Waals surface area (Å²) in [7, 11) is -5.95. The number of hydrogen-bond donors (Lipinski definition) is 1. The summed E-state index contributed by atoms with van der Waals surface area (Å²) in [6.45, 7) is 31.1. The number of hydrogen-bond acceptors (Lipinski definition) is 5. The van der Waals surface area contributed by atoms with Gasteiger partial charge in [0.05, 0.1) is 12.2 Å². The fourth-order valence-corrected chi connectivity index (χ4v) is 12.6. The van der Waals surface area contributed by atoms with Crippen LogP contribution in [0.5, 0.6) is 0 Å². The molecule has 0 rings (SSSR count).